The summed E-state index contributed by atoms with van der Waals surface area (Å²) in [7, 11) is 0. The zero-order valence-electron chi connectivity index (χ0n) is 10.5. The molecule has 0 atom stereocenters. The molecule has 2 heterocycles. The number of aromatic hydroxyl groups is 1. The van der Waals surface area contributed by atoms with Crippen molar-refractivity contribution in [2.75, 3.05) is 5.73 Å². The maximum atomic E-state index is 9.67. The summed E-state index contributed by atoms with van der Waals surface area (Å²) in [5.41, 5.74) is 6.28. The molecule has 0 saturated carbocycles. The Bertz CT molecular complexity index is 604. The number of halogens is 1. The molecular weight excluding hydrogens is 312 g/mol. The van der Waals surface area contributed by atoms with Gasteiger partial charge in [-0.25, -0.2) is 9.97 Å². The summed E-state index contributed by atoms with van der Waals surface area (Å²) in [6.45, 7) is 4.05. The van der Waals surface area contributed by atoms with E-state index in [1.54, 1.807) is 12.3 Å². The molecule has 2 aromatic rings. The fraction of sp³-hybridized carbons (Fsp3) is 0.250. The van der Waals surface area contributed by atoms with Crippen LogP contribution in [0.1, 0.15) is 25.3 Å². The molecule has 100 valence electrons. The Balaban J connectivity index is 2.39. The molecule has 0 aliphatic carbocycles. The van der Waals surface area contributed by atoms with Crippen LogP contribution in [0.2, 0.25) is 0 Å². The molecule has 19 heavy (non-hydrogen) atoms. The molecule has 0 saturated heterocycles. The molecule has 0 radical (unpaired) electrons. The van der Waals surface area contributed by atoms with Crippen LogP contribution in [0.15, 0.2) is 23.1 Å². The van der Waals surface area contributed by atoms with Crippen LogP contribution in [0.25, 0.3) is 0 Å². The van der Waals surface area contributed by atoms with E-state index in [0.29, 0.717) is 10.4 Å². The van der Waals surface area contributed by atoms with Gasteiger partial charge in [0.2, 0.25) is 11.7 Å². The van der Waals surface area contributed by atoms with Gasteiger partial charge in [-0.2, -0.15) is 4.98 Å². The molecule has 0 bridgehead atoms. The number of rotatable bonds is 3. The van der Waals surface area contributed by atoms with E-state index >= 15 is 0 Å². The molecule has 7 heteroatoms. The van der Waals surface area contributed by atoms with Gasteiger partial charge in [-0.15, -0.1) is 0 Å². The number of aromatic nitrogens is 3. The Morgan fingerprint density at radius 1 is 1.26 bits per heavy atom. The topological polar surface area (TPSA) is 94.2 Å². The third-order valence-electron chi connectivity index (χ3n) is 2.46. The van der Waals surface area contributed by atoms with Gasteiger partial charge in [-0.3, -0.25) is 0 Å². The number of hydrogen-bond donors (Lipinski definition) is 2. The fourth-order valence-corrected chi connectivity index (χ4v) is 1.82. The molecule has 6 nitrogen and oxygen atoms in total. The lowest BCUT2D eigenvalue weighted by molar-refractivity contribution is 0.391. The molecule has 2 rings (SSSR count). The van der Waals surface area contributed by atoms with Crippen molar-refractivity contribution < 1.29 is 9.84 Å². The molecule has 0 aromatic carbocycles. The van der Waals surface area contributed by atoms with E-state index in [-0.39, 0.29) is 23.5 Å². The minimum Gasteiger partial charge on any atom is -0.491 e. The second-order valence-electron chi connectivity index (χ2n) is 4.22. The molecule has 0 aliphatic rings. The first-order chi connectivity index (χ1) is 8.97. The van der Waals surface area contributed by atoms with Gasteiger partial charge in [0.1, 0.15) is 10.4 Å². The van der Waals surface area contributed by atoms with Crippen molar-refractivity contribution in [3.8, 4) is 17.4 Å². The van der Waals surface area contributed by atoms with E-state index in [0.717, 1.165) is 5.56 Å². The number of nitrogen functional groups attached to an aromatic ring is 1. The summed E-state index contributed by atoms with van der Waals surface area (Å²) in [6, 6.07) is 1.73. The van der Waals surface area contributed by atoms with Crippen LogP contribution in [-0.2, 0) is 0 Å². The molecule has 2 aromatic heterocycles. The van der Waals surface area contributed by atoms with Crippen molar-refractivity contribution >= 4 is 21.9 Å². The van der Waals surface area contributed by atoms with Gasteiger partial charge in [0.05, 0.1) is 6.20 Å². The van der Waals surface area contributed by atoms with Gasteiger partial charge >= 0.3 is 0 Å². The number of hydrogen-bond acceptors (Lipinski definition) is 6. The van der Waals surface area contributed by atoms with Gasteiger partial charge in [-0.1, -0.05) is 13.8 Å². The highest BCUT2D eigenvalue weighted by atomic mass is 79.9. The maximum Gasteiger partial charge on any atom is 0.260 e. The van der Waals surface area contributed by atoms with Crippen molar-refractivity contribution in [2.24, 2.45) is 0 Å². The Labute approximate surface area is 118 Å². The zero-order valence-corrected chi connectivity index (χ0v) is 12.0. The summed E-state index contributed by atoms with van der Waals surface area (Å²) in [5.74, 6) is 0.655. The van der Waals surface area contributed by atoms with E-state index < -0.39 is 0 Å². The Kier molecular flexibility index (Phi) is 3.84. The molecule has 0 amide bonds. The van der Waals surface area contributed by atoms with Crippen LogP contribution in [-0.4, -0.2) is 20.1 Å². The first-order valence-electron chi connectivity index (χ1n) is 5.62. The average molecular weight is 325 g/mol. The van der Waals surface area contributed by atoms with Gasteiger partial charge in [0.15, 0.2) is 0 Å². The lowest BCUT2D eigenvalue weighted by atomic mass is 10.1. The molecule has 0 spiro atoms. The Hall–Kier alpha value is -1.89. The second-order valence-corrected chi connectivity index (χ2v) is 5.03. The summed E-state index contributed by atoms with van der Waals surface area (Å²) < 4.78 is 6.28. The van der Waals surface area contributed by atoms with E-state index in [1.807, 2.05) is 13.8 Å². The lowest BCUT2D eigenvalue weighted by Gasteiger charge is -2.13. The third-order valence-corrected chi connectivity index (χ3v) is 2.89. The average Bonchev–Trinajstić information content (AvgIpc) is 2.32. The monoisotopic (exact) mass is 324 g/mol. The van der Waals surface area contributed by atoms with E-state index in [2.05, 4.69) is 30.9 Å². The largest absolute Gasteiger partial charge is 0.491 e. The fourth-order valence-electron chi connectivity index (χ4n) is 1.51. The quantitative estimate of drug-likeness (QED) is 0.843. The summed E-state index contributed by atoms with van der Waals surface area (Å²) in [6.07, 6.45) is 3.05. The number of anilines is 1. The van der Waals surface area contributed by atoms with Crippen molar-refractivity contribution in [3.63, 3.8) is 0 Å². The minimum atomic E-state index is -0.296. The minimum absolute atomic E-state index is 0.00941. The predicted molar refractivity (Wildman–Crippen MR) is 74.2 cm³/mol. The predicted octanol–water partition coefficient (Wildman–Crippen LogP) is 2.84. The SMILES string of the molecule is CC(C)c1cnc(Br)cc1Oc1cnc(N)nc1O. The number of pyridine rings is 1. The molecule has 0 fully saturated rings. The first kappa shape index (κ1) is 13.5. The lowest BCUT2D eigenvalue weighted by Crippen LogP contribution is -1.99. The molecule has 0 aliphatic heterocycles. The molecule has 3 N–H and O–H groups in total. The van der Waals surface area contributed by atoms with E-state index in [9.17, 15) is 5.11 Å². The summed E-state index contributed by atoms with van der Waals surface area (Å²) >= 11 is 3.28. The van der Waals surface area contributed by atoms with Crippen molar-refractivity contribution in [1.29, 1.82) is 0 Å². The second kappa shape index (κ2) is 5.40. The highest BCUT2D eigenvalue weighted by Gasteiger charge is 2.13. The highest BCUT2D eigenvalue weighted by molar-refractivity contribution is 9.10. The first-order valence-corrected chi connectivity index (χ1v) is 6.41. The van der Waals surface area contributed by atoms with Crippen LogP contribution in [0.4, 0.5) is 5.95 Å². The Morgan fingerprint density at radius 2 is 2.00 bits per heavy atom. The van der Waals surface area contributed by atoms with Crippen molar-refractivity contribution in [2.45, 2.75) is 19.8 Å². The van der Waals surface area contributed by atoms with Crippen LogP contribution in [0.5, 0.6) is 17.4 Å². The number of ether oxygens (including phenoxy) is 1. The molecular formula is C12H13BrN4O2. The van der Waals surface area contributed by atoms with E-state index in [1.165, 1.54) is 6.20 Å². The van der Waals surface area contributed by atoms with Crippen LogP contribution < -0.4 is 10.5 Å². The third kappa shape index (κ3) is 3.11. The van der Waals surface area contributed by atoms with Crippen molar-refractivity contribution in [3.05, 3.63) is 28.6 Å². The number of nitrogens with zero attached hydrogens (tertiary/aromatic N) is 3. The van der Waals surface area contributed by atoms with Gasteiger partial charge in [-0.05, 0) is 21.8 Å². The van der Waals surface area contributed by atoms with Gasteiger partial charge in [0, 0.05) is 17.8 Å². The Morgan fingerprint density at radius 3 is 2.63 bits per heavy atom. The van der Waals surface area contributed by atoms with Crippen LogP contribution in [0, 0.1) is 0 Å². The highest BCUT2D eigenvalue weighted by Crippen LogP contribution is 2.34. The van der Waals surface area contributed by atoms with Gasteiger partial charge in [0.25, 0.3) is 5.88 Å². The zero-order chi connectivity index (χ0) is 14.0. The number of nitrogens with two attached hydrogens (primary N) is 1. The molecule has 0 unspecified atom stereocenters. The summed E-state index contributed by atoms with van der Waals surface area (Å²) in [5, 5.41) is 9.67. The van der Waals surface area contributed by atoms with Crippen LogP contribution >= 0.6 is 15.9 Å². The van der Waals surface area contributed by atoms with Crippen LogP contribution in [0.3, 0.4) is 0 Å². The van der Waals surface area contributed by atoms with E-state index in [4.69, 9.17) is 10.5 Å². The maximum absolute atomic E-state index is 9.67. The van der Waals surface area contributed by atoms with Crippen molar-refractivity contribution in [1.82, 2.24) is 15.0 Å². The standard InChI is InChI=1S/C12H13BrN4O2/c1-6(2)7-4-15-10(13)3-8(7)19-9-5-16-12(14)17-11(9)18/h3-6H,1-2H3,(H3,14,16,17,18). The smallest absolute Gasteiger partial charge is 0.260 e. The summed E-state index contributed by atoms with van der Waals surface area (Å²) in [4.78, 5) is 11.6. The normalized spacial score (nSPS) is 10.7. The van der Waals surface area contributed by atoms with Gasteiger partial charge < -0.3 is 15.6 Å².